The number of benzene rings is 2. The van der Waals surface area contributed by atoms with E-state index in [-0.39, 0.29) is 13.0 Å². The first kappa shape index (κ1) is 15.1. The molecule has 5 N–H and O–H groups in total. The van der Waals surface area contributed by atoms with Crippen molar-refractivity contribution in [3.63, 3.8) is 0 Å². The number of hydrogen-bond donors (Lipinski definition) is 3. The minimum Gasteiger partial charge on any atom is -0.481 e. The van der Waals surface area contributed by atoms with Crippen LogP contribution in [0.3, 0.4) is 0 Å². The predicted octanol–water partition coefficient (Wildman–Crippen LogP) is 2.10. The lowest BCUT2D eigenvalue weighted by Crippen LogP contribution is -2.45. The number of carboxylic acids is 1. The molecule has 0 saturated carbocycles. The van der Waals surface area contributed by atoms with E-state index in [0.717, 1.165) is 16.7 Å². The van der Waals surface area contributed by atoms with Crippen LogP contribution in [0.5, 0.6) is 0 Å². The maximum atomic E-state index is 12.0. The third kappa shape index (κ3) is 2.76. The zero-order valence-electron chi connectivity index (χ0n) is 12.0. The van der Waals surface area contributed by atoms with Gasteiger partial charge in [0.05, 0.1) is 0 Å². The van der Waals surface area contributed by atoms with Crippen LogP contribution in [0.25, 0.3) is 0 Å². The van der Waals surface area contributed by atoms with E-state index in [9.17, 15) is 9.90 Å². The summed E-state index contributed by atoms with van der Waals surface area (Å²) < 4.78 is 0. The van der Waals surface area contributed by atoms with E-state index in [2.05, 4.69) is 0 Å². The van der Waals surface area contributed by atoms with Gasteiger partial charge in [-0.2, -0.15) is 0 Å². The molecule has 2 aromatic rings. The number of nitrogens with two attached hydrogens (primary N) is 2. The number of hydrogen-bond acceptors (Lipinski definition) is 3. The molecule has 0 fully saturated rings. The van der Waals surface area contributed by atoms with Crippen LogP contribution in [0.1, 0.15) is 16.7 Å². The van der Waals surface area contributed by atoms with Crippen LogP contribution in [0, 0.1) is 6.92 Å². The fourth-order valence-electron chi connectivity index (χ4n) is 2.69. The molecule has 2 aromatic carbocycles. The summed E-state index contributed by atoms with van der Waals surface area (Å²) in [5.41, 5.74) is 13.7. The first-order valence-electron chi connectivity index (χ1n) is 6.84. The lowest BCUT2D eigenvalue weighted by Gasteiger charge is -2.30. The van der Waals surface area contributed by atoms with Crippen molar-refractivity contribution in [3.05, 3.63) is 65.2 Å². The topological polar surface area (TPSA) is 89.3 Å². The fraction of sp³-hybridized carbons (Fsp3) is 0.235. The molecule has 1 unspecified atom stereocenters. The lowest BCUT2D eigenvalue weighted by atomic mass is 9.73. The maximum Gasteiger partial charge on any atom is 0.315 e. The molecule has 0 bridgehead atoms. The molecule has 0 heterocycles. The smallest absolute Gasteiger partial charge is 0.315 e. The van der Waals surface area contributed by atoms with Gasteiger partial charge < -0.3 is 16.6 Å². The quantitative estimate of drug-likeness (QED) is 0.733. The standard InChI is InChI=1S/C17H20N2O2/c1-12-6-2-4-8-14(12)17(11-18,16(20)21)10-13-7-3-5-9-15(13)19/h2-9H,10-11,18-19H2,1H3,(H,20,21). The highest BCUT2D eigenvalue weighted by Crippen LogP contribution is 2.32. The van der Waals surface area contributed by atoms with Crippen molar-refractivity contribution in [1.29, 1.82) is 0 Å². The van der Waals surface area contributed by atoms with Crippen molar-refractivity contribution < 1.29 is 9.90 Å². The number of carboxylic acid groups (broad SMARTS) is 1. The second-order valence-electron chi connectivity index (χ2n) is 5.28. The van der Waals surface area contributed by atoms with Crippen molar-refractivity contribution in [2.45, 2.75) is 18.8 Å². The average molecular weight is 284 g/mol. The summed E-state index contributed by atoms with van der Waals surface area (Å²) in [7, 11) is 0. The molecule has 0 radical (unpaired) electrons. The van der Waals surface area contributed by atoms with E-state index in [4.69, 9.17) is 11.5 Å². The van der Waals surface area contributed by atoms with E-state index in [1.165, 1.54) is 0 Å². The SMILES string of the molecule is Cc1ccccc1C(CN)(Cc1ccccc1N)C(=O)O. The second-order valence-corrected chi connectivity index (χ2v) is 5.28. The molecular weight excluding hydrogens is 264 g/mol. The van der Waals surface area contributed by atoms with Gasteiger partial charge in [0.1, 0.15) is 5.41 Å². The molecule has 0 aliphatic heterocycles. The molecular formula is C17H20N2O2. The molecule has 2 rings (SSSR count). The largest absolute Gasteiger partial charge is 0.481 e. The molecule has 110 valence electrons. The van der Waals surface area contributed by atoms with Crippen molar-refractivity contribution >= 4 is 11.7 Å². The number of aryl methyl sites for hydroxylation is 1. The summed E-state index contributed by atoms with van der Waals surface area (Å²) in [4.78, 5) is 12.0. The van der Waals surface area contributed by atoms with Gasteiger partial charge in [0, 0.05) is 12.2 Å². The Labute approximate surface area is 124 Å². The Morgan fingerprint density at radius 3 is 2.33 bits per heavy atom. The van der Waals surface area contributed by atoms with Gasteiger partial charge in [-0.3, -0.25) is 4.79 Å². The number of carbonyl (C=O) groups is 1. The number of rotatable bonds is 5. The van der Waals surface area contributed by atoms with E-state index >= 15 is 0 Å². The minimum atomic E-state index is -1.17. The molecule has 0 saturated heterocycles. The van der Waals surface area contributed by atoms with Crippen LogP contribution in [-0.2, 0) is 16.6 Å². The molecule has 21 heavy (non-hydrogen) atoms. The Morgan fingerprint density at radius 1 is 1.14 bits per heavy atom. The van der Waals surface area contributed by atoms with Crippen molar-refractivity contribution in [1.82, 2.24) is 0 Å². The summed E-state index contributed by atoms with van der Waals surface area (Å²) in [6, 6.07) is 14.8. The molecule has 0 aliphatic carbocycles. The zero-order chi connectivity index (χ0) is 15.5. The van der Waals surface area contributed by atoms with Crippen LogP contribution in [0.4, 0.5) is 5.69 Å². The van der Waals surface area contributed by atoms with Crippen LogP contribution in [0.15, 0.2) is 48.5 Å². The fourth-order valence-corrected chi connectivity index (χ4v) is 2.69. The number of nitrogen functional groups attached to an aromatic ring is 1. The number of aliphatic carboxylic acids is 1. The lowest BCUT2D eigenvalue weighted by molar-refractivity contribution is -0.143. The third-order valence-corrected chi connectivity index (χ3v) is 3.97. The monoisotopic (exact) mass is 284 g/mol. The summed E-state index contributed by atoms with van der Waals surface area (Å²) in [5.74, 6) is -0.928. The van der Waals surface area contributed by atoms with Gasteiger partial charge >= 0.3 is 5.97 Å². The van der Waals surface area contributed by atoms with E-state index in [0.29, 0.717) is 5.69 Å². The second kappa shape index (κ2) is 5.97. The summed E-state index contributed by atoms with van der Waals surface area (Å²) in [6.07, 6.45) is 0.274. The van der Waals surface area contributed by atoms with E-state index in [1.807, 2.05) is 49.4 Å². The maximum absolute atomic E-state index is 12.0. The molecule has 0 amide bonds. The van der Waals surface area contributed by atoms with Gasteiger partial charge in [0.25, 0.3) is 0 Å². The summed E-state index contributed by atoms with van der Waals surface area (Å²) in [6.45, 7) is 1.92. The molecule has 1 atom stereocenters. The molecule has 0 spiro atoms. The van der Waals surface area contributed by atoms with Gasteiger partial charge in [0.15, 0.2) is 0 Å². The van der Waals surface area contributed by atoms with Gasteiger partial charge in [-0.05, 0) is 36.1 Å². The normalized spacial score (nSPS) is 13.6. The van der Waals surface area contributed by atoms with Gasteiger partial charge in [0.2, 0.25) is 0 Å². The van der Waals surface area contributed by atoms with Crippen molar-refractivity contribution in [3.8, 4) is 0 Å². The highest BCUT2D eigenvalue weighted by Gasteiger charge is 2.40. The van der Waals surface area contributed by atoms with Gasteiger partial charge in [-0.25, -0.2) is 0 Å². The van der Waals surface area contributed by atoms with Crippen LogP contribution >= 0.6 is 0 Å². The van der Waals surface area contributed by atoms with Crippen molar-refractivity contribution in [2.24, 2.45) is 5.73 Å². The molecule has 4 heteroatoms. The Balaban J connectivity index is 2.56. The average Bonchev–Trinajstić information content (AvgIpc) is 2.47. The van der Waals surface area contributed by atoms with Crippen LogP contribution in [-0.4, -0.2) is 17.6 Å². The van der Waals surface area contributed by atoms with E-state index < -0.39 is 11.4 Å². The highest BCUT2D eigenvalue weighted by atomic mass is 16.4. The Morgan fingerprint density at radius 2 is 1.76 bits per heavy atom. The third-order valence-electron chi connectivity index (χ3n) is 3.97. The zero-order valence-corrected chi connectivity index (χ0v) is 12.0. The Hall–Kier alpha value is -2.33. The van der Waals surface area contributed by atoms with Crippen molar-refractivity contribution in [2.75, 3.05) is 12.3 Å². The Bertz CT molecular complexity index is 655. The first-order valence-corrected chi connectivity index (χ1v) is 6.84. The summed E-state index contributed by atoms with van der Waals surface area (Å²) >= 11 is 0. The molecule has 4 nitrogen and oxygen atoms in total. The predicted molar refractivity (Wildman–Crippen MR) is 84.1 cm³/mol. The Kier molecular flexibility index (Phi) is 4.29. The first-order chi connectivity index (χ1) is 10.0. The molecule has 0 aromatic heterocycles. The van der Waals surface area contributed by atoms with Crippen LogP contribution in [0.2, 0.25) is 0 Å². The van der Waals surface area contributed by atoms with Gasteiger partial charge in [-0.15, -0.1) is 0 Å². The van der Waals surface area contributed by atoms with Gasteiger partial charge in [-0.1, -0.05) is 42.5 Å². The minimum absolute atomic E-state index is 0.0154. The van der Waals surface area contributed by atoms with Crippen LogP contribution < -0.4 is 11.5 Å². The summed E-state index contributed by atoms with van der Waals surface area (Å²) in [5, 5.41) is 9.83. The number of anilines is 1. The highest BCUT2D eigenvalue weighted by molar-refractivity contribution is 5.83. The molecule has 0 aliphatic rings. The number of para-hydroxylation sites is 1. The van der Waals surface area contributed by atoms with E-state index in [1.54, 1.807) is 6.07 Å².